The lowest BCUT2D eigenvalue weighted by Crippen LogP contribution is -2.41. The fourth-order valence-corrected chi connectivity index (χ4v) is 3.08. The van der Waals surface area contributed by atoms with Gasteiger partial charge in [0.2, 0.25) is 5.43 Å². The van der Waals surface area contributed by atoms with Crippen LogP contribution in [0.15, 0.2) is 83.0 Å². The van der Waals surface area contributed by atoms with Crippen LogP contribution in [0.25, 0.3) is 0 Å². The lowest BCUT2D eigenvalue weighted by Gasteiger charge is -2.20. The predicted octanol–water partition coefficient (Wildman–Crippen LogP) is 3.44. The van der Waals surface area contributed by atoms with Crippen molar-refractivity contribution in [3.05, 3.63) is 106 Å². The highest BCUT2D eigenvalue weighted by Crippen LogP contribution is 2.33. The molecular formula is C23H20F3N3O4. The van der Waals surface area contributed by atoms with Gasteiger partial charge in [0.25, 0.3) is 11.8 Å². The number of hydrogen-bond donors (Lipinski definition) is 2. The summed E-state index contributed by atoms with van der Waals surface area (Å²) in [6.45, 7) is 3.70. The largest absolute Gasteiger partial charge is 0.467 e. The molecule has 10 heteroatoms. The molecule has 7 nitrogen and oxygen atoms in total. The highest BCUT2D eigenvalue weighted by molar-refractivity contribution is 5.99. The van der Waals surface area contributed by atoms with Crippen molar-refractivity contribution >= 4 is 11.8 Å². The smallest absolute Gasteiger partial charge is 0.415 e. The molecule has 0 aliphatic carbocycles. The van der Waals surface area contributed by atoms with Crippen LogP contribution in [0, 0.1) is 0 Å². The topological polar surface area (TPSA) is 93.3 Å². The van der Waals surface area contributed by atoms with Crippen LogP contribution in [0.5, 0.6) is 0 Å². The summed E-state index contributed by atoms with van der Waals surface area (Å²) in [5.41, 5.74) is -1.22. The third kappa shape index (κ3) is 5.79. The number of nitrogens with one attached hydrogen (secondary N) is 2. The van der Waals surface area contributed by atoms with E-state index in [4.69, 9.17) is 4.42 Å². The van der Waals surface area contributed by atoms with Gasteiger partial charge in [-0.05, 0) is 17.7 Å². The van der Waals surface area contributed by atoms with Crippen LogP contribution < -0.4 is 16.1 Å². The van der Waals surface area contributed by atoms with Crippen molar-refractivity contribution in [3.8, 4) is 0 Å². The van der Waals surface area contributed by atoms with Crippen LogP contribution in [-0.4, -0.2) is 29.1 Å². The Balaban J connectivity index is 2.02. The van der Waals surface area contributed by atoms with Crippen LogP contribution in [0.2, 0.25) is 0 Å². The van der Waals surface area contributed by atoms with Gasteiger partial charge in [-0.3, -0.25) is 14.4 Å². The first-order valence-corrected chi connectivity index (χ1v) is 9.78. The van der Waals surface area contributed by atoms with E-state index in [1.807, 2.05) is 0 Å². The number of carbonyl (C=O) groups is 2. The van der Waals surface area contributed by atoms with Crippen molar-refractivity contribution in [2.75, 3.05) is 6.54 Å². The average Bonchev–Trinajstić information content (AvgIpc) is 3.31. The summed E-state index contributed by atoms with van der Waals surface area (Å²) in [6, 6.07) is 8.76. The number of rotatable bonds is 8. The molecule has 33 heavy (non-hydrogen) atoms. The third-order valence-electron chi connectivity index (χ3n) is 4.61. The Labute approximate surface area is 186 Å². The number of benzene rings is 1. The Morgan fingerprint density at radius 1 is 1.06 bits per heavy atom. The van der Waals surface area contributed by atoms with E-state index in [2.05, 4.69) is 11.9 Å². The van der Waals surface area contributed by atoms with Gasteiger partial charge in [0.05, 0.1) is 6.26 Å². The molecule has 172 valence electrons. The minimum absolute atomic E-state index is 0.0576. The van der Waals surface area contributed by atoms with Gasteiger partial charge in [-0.1, -0.05) is 36.4 Å². The summed E-state index contributed by atoms with van der Waals surface area (Å²) in [6.07, 6.45) is -0.0791. The van der Waals surface area contributed by atoms with Crippen molar-refractivity contribution in [2.24, 2.45) is 0 Å². The summed E-state index contributed by atoms with van der Waals surface area (Å²) >= 11 is 0. The molecule has 0 radical (unpaired) electrons. The lowest BCUT2D eigenvalue weighted by molar-refractivity contribution is -0.159. The molecule has 1 unspecified atom stereocenters. The second kappa shape index (κ2) is 10.0. The molecule has 0 saturated carbocycles. The molecule has 2 amide bonds. The molecule has 1 aromatic carbocycles. The van der Waals surface area contributed by atoms with Crippen LogP contribution in [0.4, 0.5) is 13.2 Å². The molecule has 0 aliphatic heterocycles. The Morgan fingerprint density at radius 3 is 2.30 bits per heavy atom. The zero-order chi connectivity index (χ0) is 24.0. The molecule has 0 spiro atoms. The van der Waals surface area contributed by atoms with Crippen molar-refractivity contribution in [1.29, 1.82) is 0 Å². The number of pyridine rings is 1. The summed E-state index contributed by atoms with van der Waals surface area (Å²) in [5.74, 6) is -2.62. The van der Waals surface area contributed by atoms with E-state index in [1.165, 1.54) is 22.9 Å². The van der Waals surface area contributed by atoms with Gasteiger partial charge in [-0.15, -0.1) is 6.58 Å². The zero-order valence-corrected chi connectivity index (χ0v) is 17.3. The van der Waals surface area contributed by atoms with Crippen LogP contribution in [-0.2, 0) is 6.54 Å². The molecule has 3 aromatic rings. The summed E-state index contributed by atoms with van der Waals surface area (Å²) in [7, 11) is 0. The first-order chi connectivity index (χ1) is 15.7. The Kier molecular flexibility index (Phi) is 7.17. The molecule has 0 fully saturated rings. The zero-order valence-electron chi connectivity index (χ0n) is 17.3. The van der Waals surface area contributed by atoms with Gasteiger partial charge in [-0.25, -0.2) is 0 Å². The van der Waals surface area contributed by atoms with Gasteiger partial charge in [-0.2, -0.15) is 13.2 Å². The van der Waals surface area contributed by atoms with Gasteiger partial charge in [0.1, 0.15) is 16.9 Å². The molecule has 2 aromatic heterocycles. The van der Waals surface area contributed by atoms with Crippen molar-refractivity contribution in [1.82, 2.24) is 15.2 Å². The predicted molar refractivity (Wildman–Crippen MR) is 114 cm³/mol. The number of furan rings is 1. The molecule has 1 atom stereocenters. The number of hydrogen-bond acceptors (Lipinski definition) is 4. The first-order valence-electron chi connectivity index (χ1n) is 9.78. The number of halogens is 3. The van der Waals surface area contributed by atoms with E-state index in [0.29, 0.717) is 0 Å². The second-order valence-corrected chi connectivity index (χ2v) is 7.03. The molecule has 2 N–H and O–H groups in total. The minimum Gasteiger partial charge on any atom is -0.467 e. The minimum atomic E-state index is -4.88. The number of amides is 2. The maximum atomic E-state index is 13.5. The molecule has 2 heterocycles. The highest BCUT2D eigenvalue weighted by atomic mass is 19.4. The molecular weight excluding hydrogens is 439 g/mol. The van der Waals surface area contributed by atoms with Crippen LogP contribution >= 0.6 is 0 Å². The van der Waals surface area contributed by atoms with E-state index < -0.39 is 40.8 Å². The monoisotopic (exact) mass is 459 g/mol. The Morgan fingerprint density at radius 2 is 1.73 bits per heavy atom. The maximum Gasteiger partial charge on any atom is 0.415 e. The normalized spacial score (nSPS) is 12.1. The first kappa shape index (κ1) is 23.6. The third-order valence-corrected chi connectivity index (χ3v) is 4.61. The standard InChI is InChI=1S/C23H20F3N3O4/c1-2-10-27-21(31)16-13-29(12-15-7-4-3-5-8-15)14-17(19(16)30)22(32)28-20(23(24,25)26)18-9-6-11-33-18/h2-9,11,13-14,20H,1,10,12H2,(H,27,31)(H,28,32). The average molecular weight is 459 g/mol. The lowest BCUT2D eigenvalue weighted by atomic mass is 10.1. The fourth-order valence-electron chi connectivity index (χ4n) is 3.08. The van der Waals surface area contributed by atoms with E-state index in [1.54, 1.807) is 35.6 Å². The fraction of sp³-hybridized carbons (Fsp3) is 0.174. The number of alkyl halides is 3. The second-order valence-electron chi connectivity index (χ2n) is 7.03. The SMILES string of the molecule is C=CCNC(=O)c1cn(Cc2ccccc2)cc(C(=O)NC(c2ccco2)C(F)(F)F)c1=O. The highest BCUT2D eigenvalue weighted by Gasteiger charge is 2.44. The van der Waals surface area contributed by atoms with E-state index >= 15 is 0 Å². The quantitative estimate of drug-likeness (QED) is 0.505. The number of aromatic nitrogens is 1. The van der Waals surface area contributed by atoms with Crippen LogP contribution in [0.3, 0.4) is 0 Å². The van der Waals surface area contributed by atoms with E-state index in [0.717, 1.165) is 24.1 Å². The van der Waals surface area contributed by atoms with Gasteiger partial charge < -0.3 is 19.6 Å². The molecule has 3 rings (SSSR count). The van der Waals surface area contributed by atoms with Gasteiger partial charge >= 0.3 is 6.18 Å². The van der Waals surface area contributed by atoms with Gasteiger partial charge in [0.15, 0.2) is 6.04 Å². The molecule has 0 bridgehead atoms. The van der Waals surface area contributed by atoms with E-state index in [-0.39, 0.29) is 18.7 Å². The van der Waals surface area contributed by atoms with Crippen molar-refractivity contribution in [3.63, 3.8) is 0 Å². The molecule has 0 saturated heterocycles. The van der Waals surface area contributed by atoms with Crippen molar-refractivity contribution in [2.45, 2.75) is 18.8 Å². The van der Waals surface area contributed by atoms with Crippen molar-refractivity contribution < 1.29 is 27.2 Å². The number of carbonyl (C=O) groups excluding carboxylic acids is 2. The summed E-state index contributed by atoms with van der Waals surface area (Å²) in [4.78, 5) is 38.1. The molecule has 0 aliphatic rings. The van der Waals surface area contributed by atoms with E-state index in [9.17, 15) is 27.6 Å². The van der Waals surface area contributed by atoms with Crippen LogP contribution in [0.1, 0.15) is 38.1 Å². The Hall–Kier alpha value is -4.08. The number of nitrogens with zero attached hydrogens (tertiary/aromatic N) is 1. The Bertz CT molecular complexity index is 1190. The maximum absolute atomic E-state index is 13.5. The summed E-state index contributed by atoms with van der Waals surface area (Å²) in [5, 5.41) is 4.24. The summed E-state index contributed by atoms with van der Waals surface area (Å²) < 4.78 is 46.8. The van der Waals surface area contributed by atoms with Gasteiger partial charge in [0, 0.05) is 25.5 Å².